The van der Waals surface area contributed by atoms with Crippen LogP contribution in [0.4, 0.5) is 5.69 Å². The zero-order valence-corrected chi connectivity index (χ0v) is 8.23. The topological polar surface area (TPSA) is 20.3 Å². The molecule has 0 radical (unpaired) electrons. The quantitative estimate of drug-likeness (QED) is 0.668. The molecule has 0 bridgehead atoms. The molecule has 1 aromatic heterocycles. The summed E-state index contributed by atoms with van der Waals surface area (Å²) in [6, 6.07) is 1.94. The van der Waals surface area contributed by atoms with E-state index in [4.69, 9.17) is 0 Å². The summed E-state index contributed by atoms with van der Waals surface area (Å²) in [5, 5.41) is 2.02. The Kier molecular flexibility index (Phi) is 3.29. The first-order chi connectivity index (χ1) is 5.81. The summed E-state index contributed by atoms with van der Waals surface area (Å²) >= 11 is 1.50. The van der Waals surface area contributed by atoms with Crippen molar-refractivity contribution in [1.82, 2.24) is 0 Å². The number of rotatable bonds is 4. The van der Waals surface area contributed by atoms with Crippen molar-refractivity contribution in [3.8, 4) is 0 Å². The van der Waals surface area contributed by atoms with Crippen LogP contribution >= 0.6 is 11.3 Å². The van der Waals surface area contributed by atoms with E-state index in [2.05, 4.69) is 18.7 Å². The summed E-state index contributed by atoms with van der Waals surface area (Å²) in [5.74, 6) is 0. The summed E-state index contributed by atoms with van der Waals surface area (Å²) in [7, 11) is 0. The molecule has 1 heterocycles. The van der Waals surface area contributed by atoms with Crippen molar-refractivity contribution in [1.29, 1.82) is 0 Å². The summed E-state index contributed by atoms with van der Waals surface area (Å²) in [5.41, 5.74) is 1.16. The first kappa shape index (κ1) is 9.26. The Labute approximate surface area is 76.8 Å². The fourth-order valence-corrected chi connectivity index (χ4v) is 1.88. The molecule has 0 saturated heterocycles. The second-order valence-electron chi connectivity index (χ2n) is 2.50. The molecule has 1 rings (SSSR count). The molecule has 0 N–H and O–H groups in total. The first-order valence-corrected chi connectivity index (χ1v) is 4.98. The molecule has 12 heavy (non-hydrogen) atoms. The summed E-state index contributed by atoms with van der Waals surface area (Å²) in [6.07, 6.45) is 0.900. The van der Waals surface area contributed by atoms with Gasteiger partial charge in [0.25, 0.3) is 0 Å². The van der Waals surface area contributed by atoms with Crippen molar-refractivity contribution in [3.63, 3.8) is 0 Å². The molecule has 0 amide bonds. The van der Waals surface area contributed by atoms with Gasteiger partial charge in [0.2, 0.25) is 0 Å². The molecule has 0 spiro atoms. The van der Waals surface area contributed by atoms with Crippen LogP contribution in [0.3, 0.4) is 0 Å². The lowest BCUT2D eigenvalue weighted by Crippen LogP contribution is -2.20. The van der Waals surface area contributed by atoms with Crippen LogP contribution in [-0.4, -0.2) is 19.4 Å². The summed E-state index contributed by atoms with van der Waals surface area (Å²) in [6.45, 7) is 6.21. The number of hydrogen-bond donors (Lipinski definition) is 0. The number of carbonyl (C=O) groups is 1. The van der Waals surface area contributed by atoms with Crippen molar-refractivity contribution in [3.05, 3.63) is 16.3 Å². The Bertz CT molecular complexity index is 253. The molecule has 0 unspecified atom stereocenters. The SMILES string of the molecule is CCN(CC)c1csc(C=O)c1. The van der Waals surface area contributed by atoms with E-state index in [-0.39, 0.29) is 0 Å². The van der Waals surface area contributed by atoms with E-state index in [1.807, 2.05) is 11.4 Å². The largest absolute Gasteiger partial charge is 0.371 e. The van der Waals surface area contributed by atoms with Crippen LogP contribution in [0.2, 0.25) is 0 Å². The Morgan fingerprint density at radius 2 is 2.17 bits per heavy atom. The van der Waals surface area contributed by atoms with E-state index in [1.54, 1.807) is 0 Å². The van der Waals surface area contributed by atoms with E-state index >= 15 is 0 Å². The summed E-state index contributed by atoms with van der Waals surface area (Å²) in [4.78, 5) is 13.4. The highest BCUT2D eigenvalue weighted by Crippen LogP contribution is 2.21. The Morgan fingerprint density at radius 3 is 2.58 bits per heavy atom. The normalized spacial score (nSPS) is 9.83. The number of thiophene rings is 1. The van der Waals surface area contributed by atoms with Crippen molar-refractivity contribution in [2.45, 2.75) is 13.8 Å². The van der Waals surface area contributed by atoms with Crippen LogP contribution in [-0.2, 0) is 0 Å². The minimum absolute atomic E-state index is 0.803. The third-order valence-electron chi connectivity index (χ3n) is 1.85. The molecule has 0 atom stereocenters. The number of carbonyl (C=O) groups excluding carboxylic acids is 1. The fraction of sp³-hybridized carbons (Fsp3) is 0.444. The van der Waals surface area contributed by atoms with Gasteiger partial charge in [0.05, 0.1) is 4.88 Å². The van der Waals surface area contributed by atoms with E-state index in [0.29, 0.717) is 0 Å². The molecule has 66 valence electrons. The standard InChI is InChI=1S/C9H13NOS/c1-3-10(4-2)8-5-9(6-11)12-7-8/h5-7H,3-4H2,1-2H3. The third kappa shape index (κ3) is 1.85. The van der Waals surface area contributed by atoms with Gasteiger partial charge < -0.3 is 4.90 Å². The molecule has 3 heteroatoms. The van der Waals surface area contributed by atoms with Gasteiger partial charge in [-0.15, -0.1) is 11.3 Å². The molecule has 0 aromatic carbocycles. The van der Waals surface area contributed by atoms with Crippen LogP contribution in [0.1, 0.15) is 23.5 Å². The fourth-order valence-electron chi connectivity index (χ4n) is 1.16. The molecule has 0 aliphatic carbocycles. The second kappa shape index (κ2) is 4.26. The van der Waals surface area contributed by atoms with Gasteiger partial charge in [0.15, 0.2) is 6.29 Å². The molecule has 0 fully saturated rings. The van der Waals surface area contributed by atoms with Gasteiger partial charge in [-0.25, -0.2) is 0 Å². The van der Waals surface area contributed by atoms with Crippen molar-refractivity contribution >= 4 is 23.3 Å². The Hall–Kier alpha value is -0.830. The van der Waals surface area contributed by atoms with Crippen LogP contribution < -0.4 is 4.90 Å². The highest BCUT2D eigenvalue weighted by molar-refractivity contribution is 7.12. The van der Waals surface area contributed by atoms with Gasteiger partial charge in [0, 0.05) is 24.2 Å². The molecule has 0 aliphatic rings. The lowest BCUT2D eigenvalue weighted by Gasteiger charge is -2.18. The average molecular weight is 183 g/mol. The van der Waals surface area contributed by atoms with Crippen LogP contribution in [0.25, 0.3) is 0 Å². The molecular weight excluding hydrogens is 170 g/mol. The Balaban J connectivity index is 2.79. The molecule has 0 aliphatic heterocycles. The zero-order valence-electron chi connectivity index (χ0n) is 7.41. The first-order valence-electron chi connectivity index (χ1n) is 4.10. The molecule has 2 nitrogen and oxygen atoms in total. The maximum atomic E-state index is 10.4. The lowest BCUT2D eigenvalue weighted by atomic mass is 10.4. The van der Waals surface area contributed by atoms with Crippen molar-refractivity contribution < 1.29 is 4.79 Å². The van der Waals surface area contributed by atoms with E-state index in [0.717, 1.165) is 29.9 Å². The maximum Gasteiger partial charge on any atom is 0.160 e. The van der Waals surface area contributed by atoms with Gasteiger partial charge in [-0.2, -0.15) is 0 Å². The van der Waals surface area contributed by atoms with E-state index in [1.165, 1.54) is 11.3 Å². The maximum absolute atomic E-state index is 10.4. The van der Waals surface area contributed by atoms with Crippen LogP contribution in [0.5, 0.6) is 0 Å². The van der Waals surface area contributed by atoms with Gasteiger partial charge in [-0.05, 0) is 19.9 Å². The van der Waals surface area contributed by atoms with Crippen molar-refractivity contribution in [2.24, 2.45) is 0 Å². The zero-order chi connectivity index (χ0) is 8.97. The molecule has 1 aromatic rings. The lowest BCUT2D eigenvalue weighted by molar-refractivity contribution is 0.112. The van der Waals surface area contributed by atoms with Gasteiger partial charge in [-0.3, -0.25) is 4.79 Å². The number of aldehydes is 1. The highest BCUT2D eigenvalue weighted by Gasteiger charge is 2.03. The van der Waals surface area contributed by atoms with Gasteiger partial charge >= 0.3 is 0 Å². The number of nitrogens with zero attached hydrogens (tertiary/aromatic N) is 1. The van der Waals surface area contributed by atoms with Gasteiger partial charge in [0.1, 0.15) is 0 Å². The second-order valence-corrected chi connectivity index (χ2v) is 3.44. The predicted molar refractivity (Wildman–Crippen MR) is 53.3 cm³/mol. The summed E-state index contributed by atoms with van der Waals surface area (Å²) < 4.78 is 0. The van der Waals surface area contributed by atoms with Gasteiger partial charge in [-0.1, -0.05) is 0 Å². The minimum Gasteiger partial charge on any atom is -0.371 e. The van der Waals surface area contributed by atoms with Crippen LogP contribution in [0, 0.1) is 0 Å². The molecule has 0 saturated carbocycles. The number of hydrogen-bond acceptors (Lipinski definition) is 3. The highest BCUT2D eigenvalue weighted by atomic mass is 32.1. The van der Waals surface area contributed by atoms with Crippen LogP contribution in [0.15, 0.2) is 11.4 Å². The molecular formula is C9H13NOS. The van der Waals surface area contributed by atoms with Crippen molar-refractivity contribution in [2.75, 3.05) is 18.0 Å². The number of anilines is 1. The monoisotopic (exact) mass is 183 g/mol. The van der Waals surface area contributed by atoms with E-state index in [9.17, 15) is 4.79 Å². The van der Waals surface area contributed by atoms with E-state index < -0.39 is 0 Å². The average Bonchev–Trinajstić information content (AvgIpc) is 2.55. The Morgan fingerprint density at radius 1 is 1.50 bits per heavy atom. The minimum atomic E-state index is 0.803. The third-order valence-corrected chi connectivity index (χ3v) is 2.70. The smallest absolute Gasteiger partial charge is 0.160 e. The predicted octanol–water partition coefficient (Wildman–Crippen LogP) is 2.41.